The molecule has 0 aromatic heterocycles. The summed E-state index contributed by atoms with van der Waals surface area (Å²) in [5.74, 6) is -0.0361. The molecule has 0 saturated carbocycles. The summed E-state index contributed by atoms with van der Waals surface area (Å²) in [5.41, 5.74) is 4.22. The SMILES string of the molecule is CCC(NC(=O)Cc1ccc(C)cc1C)c1ccc(S(C)(=O)=O)cc1. The summed E-state index contributed by atoms with van der Waals surface area (Å²) in [4.78, 5) is 12.7. The molecule has 0 saturated heterocycles. The molecule has 134 valence electrons. The molecule has 2 aromatic carbocycles. The summed E-state index contributed by atoms with van der Waals surface area (Å²) < 4.78 is 23.1. The van der Waals surface area contributed by atoms with Gasteiger partial charge in [0.2, 0.25) is 5.91 Å². The van der Waals surface area contributed by atoms with E-state index in [2.05, 4.69) is 11.4 Å². The molecule has 0 aliphatic heterocycles. The molecule has 1 atom stereocenters. The Morgan fingerprint density at radius 2 is 1.72 bits per heavy atom. The van der Waals surface area contributed by atoms with Crippen molar-refractivity contribution in [1.82, 2.24) is 5.32 Å². The Bertz CT molecular complexity index is 855. The zero-order valence-corrected chi connectivity index (χ0v) is 16.0. The van der Waals surface area contributed by atoms with Crippen molar-refractivity contribution in [2.45, 2.75) is 44.6 Å². The molecule has 0 aliphatic carbocycles. The fraction of sp³-hybridized carbons (Fsp3) is 0.350. The number of nitrogens with one attached hydrogen (secondary N) is 1. The Balaban J connectivity index is 2.09. The number of sulfone groups is 1. The topological polar surface area (TPSA) is 63.2 Å². The lowest BCUT2D eigenvalue weighted by molar-refractivity contribution is -0.121. The Morgan fingerprint density at radius 3 is 2.24 bits per heavy atom. The zero-order chi connectivity index (χ0) is 18.6. The minimum atomic E-state index is -3.21. The van der Waals surface area contributed by atoms with Gasteiger partial charge in [-0.2, -0.15) is 0 Å². The van der Waals surface area contributed by atoms with Gasteiger partial charge in [0.25, 0.3) is 0 Å². The van der Waals surface area contributed by atoms with E-state index in [-0.39, 0.29) is 16.8 Å². The smallest absolute Gasteiger partial charge is 0.224 e. The Labute approximate surface area is 150 Å². The maximum Gasteiger partial charge on any atom is 0.224 e. The Hall–Kier alpha value is -2.14. The highest BCUT2D eigenvalue weighted by molar-refractivity contribution is 7.90. The number of hydrogen-bond donors (Lipinski definition) is 1. The normalized spacial score (nSPS) is 12.6. The highest BCUT2D eigenvalue weighted by atomic mass is 32.2. The summed E-state index contributed by atoms with van der Waals surface area (Å²) in [6.07, 6.45) is 2.26. The van der Waals surface area contributed by atoms with Crippen LogP contribution in [0.4, 0.5) is 0 Å². The molecule has 1 amide bonds. The van der Waals surface area contributed by atoms with Gasteiger partial charge in [-0.25, -0.2) is 8.42 Å². The third-order valence-electron chi connectivity index (χ3n) is 4.30. The zero-order valence-electron chi connectivity index (χ0n) is 15.2. The van der Waals surface area contributed by atoms with Gasteiger partial charge in [-0.05, 0) is 49.1 Å². The Morgan fingerprint density at radius 1 is 1.08 bits per heavy atom. The molecule has 2 aromatic rings. The highest BCUT2D eigenvalue weighted by Gasteiger charge is 2.15. The van der Waals surface area contributed by atoms with Crippen molar-refractivity contribution in [3.05, 3.63) is 64.7 Å². The molecule has 4 nitrogen and oxygen atoms in total. The molecule has 5 heteroatoms. The first kappa shape index (κ1) is 19.2. The van der Waals surface area contributed by atoms with Crippen molar-refractivity contribution < 1.29 is 13.2 Å². The predicted octanol–water partition coefficient (Wildman–Crippen LogP) is 3.52. The van der Waals surface area contributed by atoms with E-state index in [9.17, 15) is 13.2 Å². The van der Waals surface area contributed by atoms with Crippen LogP contribution in [0.2, 0.25) is 0 Å². The van der Waals surface area contributed by atoms with Crippen molar-refractivity contribution >= 4 is 15.7 Å². The van der Waals surface area contributed by atoms with Gasteiger partial charge >= 0.3 is 0 Å². The van der Waals surface area contributed by atoms with Crippen LogP contribution in [0.25, 0.3) is 0 Å². The quantitative estimate of drug-likeness (QED) is 0.858. The van der Waals surface area contributed by atoms with E-state index in [1.165, 1.54) is 11.8 Å². The average Bonchev–Trinajstić information content (AvgIpc) is 2.54. The van der Waals surface area contributed by atoms with Crippen LogP contribution in [0.1, 0.15) is 41.6 Å². The van der Waals surface area contributed by atoms with Crippen LogP contribution in [0.15, 0.2) is 47.4 Å². The van der Waals surface area contributed by atoms with E-state index in [0.717, 1.165) is 23.1 Å². The summed E-state index contributed by atoms with van der Waals surface area (Å²) in [6, 6.07) is 12.6. The van der Waals surface area contributed by atoms with Crippen molar-refractivity contribution in [1.29, 1.82) is 0 Å². The maximum atomic E-state index is 12.4. The van der Waals surface area contributed by atoms with Gasteiger partial charge in [0.1, 0.15) is 0 Å². The van der Waals surface area contributed by atoms with Crippen molar-refractivity contribution in [2.24, 2.45) is 0 Å². The highest BCUT2D eigenvalue weighted by Crippen LogP contribution is 2.20. The molecule has 1 N–H and O–H groups in total. The molecular weight excluding hydrogens is 334 g/mol. The van der Waals surface area contributed by atoms with Crippen molar-refractivity contribution in [3.8, 4) is 0 Å². The lowest BCUT2D eigenvalue weighted by Gasteiger charge is -2.18. The first-order chi connectivity index (χ1) is 11.7. The molecule has 0 aliphatic rings. The average molecular weight is 359 g/mol. The van der Waals surface area contributed by atoms with E-state index in [4.69, 9.17) is 0 Å². The second kappa shape index (κ2) is 7.83. The second-order valence-corrected chi connectivity index (χ2v) is 8.49. The van der Waals surface area contributed by atoms with Crippen LogP contribution in [0, 0.1) is 13.8 Å². The van der Waals surface area contributed by atoms with E-state index >= 15 is 0 Å². The number of carbonyl (C=O) groups is 1. The summed E-state index contributed by atoms with van der Waals surface area (Å²) in [5, 5.41) is 3.04. The summed E-state index contributed by atoms with van der Waals surface area (Å²) >= 11 is 0. The number of hydrogen-bond acceptors (Lipinski definition) is 3. The third kappa shape index (κ3) is 5.16. The van der Waals surface area contributed by atoms with Gasteiger partial charge in [0.05, 0.1) is 17.4 Å². The number of carbonyl (C=O) groups excluding carboxylic acids is 1. The predicted molar refractivity (Wildman–Crippen MR) is 100 cm³/mol. The fourth-order valence-corrected chi connectivity index (χ4v) is 3.46. The van der Waals surface area contributed by atoms with Crippen LogP contribution >= 0.6 is 0 Å². The number of benzene rings is 2. The lowest BCUT2D eigenvalue weighted by Crippen LogP contribution is -2.29. The van der Waals surface area contributed by atoms with Gasteiger partial charge in [-0.15, -0.1) is 0 Å². The van der Waals surface area contributed by atoms with Gasteiger partial charge in [0.15, 0.2) is 9.84 Å². The molecule has 0 spiro atoms. The molecule has 0 radical (unpaired) electrons. The van der Waals surface area contributed by atoms with E-state index in [1.807, 2.05) is 32.9 Å². The largest absolute Gasteiger partial charge is 0.349 e. The van der Waals surface area contributed by atoms with Crippen LogP contribution < -0.4 is 5.32 Å². The van der Waals surface area contributed by atoms with Gasteiger partial charge in [-0.3, -0.25) is 4.79 Å². The van der Waals surface area contributed by atoms with E-state index in [1.54, 1.807) is 24.3 Å². The molecule has 25 heavy (non-hydrogen) atoms. The number of rotatable bonds is 6. The number of aryl methyl sites for hydroxylation is 2. The van der Waals surface area contributed by atoms with Crippen LogP contribution in [-0.4, -0.2) is 20.6 Å². The second-order valence-electron chi connectivity index (χ2n) is 6.48. The standard InChI is InChI=1S/C20H25NO3S/c1-5-19(16-8-10-18(11-9-16)25(4,23)24)21-20(22)13-17-7-6-14(2)12-15(17)3/h6-12,19H,5,13H2,1-4H3,(H,21,22). The van der Waals surface area contributed by atoms with Crippen molar-refractivity contribution in [3.63, 3.8) is 0 Å². The minimum absolute atomic E-state index is 0.0361. The molecule has 0 bridgehead atoms. The van der Waals surface area contributed by atoms with Gasteiger partial charge < -0.3 is 5.32 Å². The molecule has 1 unspecified atom stereocenters. The fourth-order valence-electron chi connectivity index (χ4n) is 2.83. The van der Waals surface area contributed by atoms with Gasteiger partial charge in [-0.1, -0.05) is 42.8 Å². The summed E-state index contributed by atoms with van der Waals surface area (Å²) in [7, 11) is -3.21. The van der Waals surface area contributed by atoms with Crippen LogP contribution in [0.3, 0.4) is 0 Å². The van der Waals surface area contributed by atoms with Crippen LogP contribution in [0.5, 0.6) is 0 Å². The summed E-state index contributed by atoms with van der Waals surface area (Å²) in [6.45, 7) is 6.04. The van der Waals surface area contributed by atoms with Gasteiger partial charge in [0, 0.05) is 6.26 Å². The molecule has 2 rings (SSSR count). The monoisotopic (exact) mass is 359 g/mol. The maximum absolute atomic E-state index is 12.4. The molecule has 0 fully saturated rings. The lowest BCUT2D eigenvalue weighted by atomic mass is 10.0. The molecular formula is C20H25NO3S. The number of amides is 1. The first-order valence-electron chi connectivity index (χ1n) is 8.36. The Kier molecular flexibility index (Phi) is 6.01. The minimum Gasteiger partial charge on any atom is -0.349 e. The van der Waals surface area contributed by atoms with E-state index in [0.29, 0.717) is 6.42 Å². The third-order valence-corrected chi connectivity index (χ3v) is 5.43. The first-order valence-corrected chi connectivity index (χ1v) is 10.3. The van der Waals surface area contributed by atoms with Crippen molar-refractivity contribution in [2.75, 3.05) is 6.26 Å². The van der Waals surface area contributed by atoms with Crippen LogP contribution in [-0.2, 0) is 21.1 Å². The molecule has 0 heterocycles. The van der Waals surface area contributed by atoms with E-state index < -0.39 is 9.84 Å².